The Morgan fingerprint density at radius 3 is 2.69 bits per heavy atom. The van der Waals surface area contributed by atoms with Gasteiger partial charge in [0.25, 0.3) is 0 Å². The van der Waals surface area contributed by atoms with Crippen LogP contribution in [-0.2, 0) is 25.6 Å². The molecule has 10 nitrogen and oxygen atoms in total. The van der Waals surface area contributed by atoms with E-state index in [1.165, 1.54) is 16.7 Å². The topological polar surface area (TPSA) is 158 Å². The average Bonchev–Trinajstić information content (AvgIpc) is 3.52. The molecule has 196 valence electrons. The highest BCUT2D eigenvalue weighted by Gasteiger charge is 2.38. The summed E-state index contributed by atoms with van der Waals surface area (Å²) in [6, 6.07) is 4.08. The number of carboxylic acid groups (broad SMARTS) is 1. The molecule has 0 aliphatic carbocycles. The summed E-state index contributed by atoms with van der Waals surface area (Å²) >= 11 is 5.63. The minimum absolute atomic E-state index is 0.0207. The van der Waals surface area contributed by atoms with Gasteiger partial charge in [-0.3, -0.25) is 14.4 Å². The number of rotatable bonds is 12. The number of amides is 3. The van der Waals surface area contributed by atoms with E-state index in [1.807, 2.05) is 36.7 Å². The molecule has 0 bridgehead atoms. The Hall–Kier alpha value is -2.70. The molecule has 3 rings (SSSR count). The number of carbonyl (C=O) groups is 4. The lowest BCUT2D eigenvalue weighted by Gasteiger charge is -2.28. The fourth-order valence-electron chi connectivity index (χ4n) is 4.37. The number of para-hydroxylation sites is 1. The largest absolute Gasteiger partial charge is 0.480 e. The van der Waals surface area contributed by atoms with Crippen LogP contribution in [0.2, 0.25) is 0 Å². The summed E-state index contributed by atoms with van der Waals surface area (Å²) in [5.74, 6) is -2.03. The van der Waals surface area contributed by atoms with E-state index in [0.717, 1.165) is 16.5 Å². The maximum absolute atomic E-state index is 13.2. The van der Waals surface area contributed by atoms with Crippen molar-refractivity contribution in [2.75, 3.05) is 24.3 Å². The number of carbonyl (C=O) groups excluding carboxylic acids is 3. The van der Waals surface area contributed by atoms with Crippen molar-refractivity contribution in [2.24, 2.45) is 5.73 Å². The fraction of sp³-hybridized carbons (Fsp3) is 0.500. The molecular weight excluding hydrogens is 502 g/mol. The van der Waals surface area contributed by atoms with E-state index < -0.39 is 42.0 Å². The van der Waals surface area contributed by atoms with Gasteiger partial charge in [0.15, 0.2) is 0 Å². The molecule has 1 fully saturated rings. The van der Waals surface area contributed by atoms with Gasteiger partial charge in [-0.2, -0.15) is 24.4 Å². The summed E-state index contributed by atoms with van der Waals surface area (Å²) < 4.78 is 0. The molecule has 4 atom stereocenters. The third-order valence-corrected chi connectivity index (χ3v) is 7.32. The van der Waals surface area contributed by atoms with Crippen molar-refractivity contribution < 1.29 is 24.3 Å². The number of H-pyrrole nitrogens is 1. The van der Waals surface area contributed by atoms with Crippen molar-refractivity contribution in [2.45, 2.75) is 49.9 Å². The lowest BCUT2D eigenvalue weighted by molar-refractivity contribution is -0.143. The highest BCUT2D eigenvalue weighted by molar-refractivity contribution is 7.98. The first-order chi connectivity index (χ1) is 17.3. The van der Waals surface area contributed by atoms with Crippen molar-refractivity contribution in [3.8, 4) is 0 Å². The first kappa shape index (κ1) is 27.9. The maximum atomic E-state index is 13.2. The number of thiol groups is 1. The van der Waals surface area contributed by atoms with Gasteiger partial charge in [-0.25, -0.2) is 4.79 Å². The third kappa shape index (κ3) is 6.74. The molecule has 6 N–H and O–H groups in total. The highest BCUT2D eigenvalue weighted by Crippen LogP contribution is 2.22. The lowest BCUT2D eigenvalue weighted by atomic mass is 10.0. The predicted molar refractivity (Wildman–Crippen MR) is 143 cm³/mol. The van der Waals surface area contributed by atoms with E-state index in [9.17, 15) is 24.3 Å². The van der Waals surface area contributed by atoms with Gasteiger partial charge in [-0.1, -0.05) is 18.2 Å². The molecule has 4 unspecified atom stereocenters. The molecule has 2 aromatic rings. The molecule has 36 heavy (non-hydrogen) atoms. The number of aromatic nitrogens is 1. The van der Waals surface area contributed by atoms with Gasteiger partial charge in [0, 0.05) is 29.4 Å². The van der Waals surface area contributed by atoms with Gasteiger partial charge in [0.2, 0.25) is 17.7 Å². The number of hydrogen-bond acceptors (Lipinski definition) is 7. The van der Waals surface area contributed by atoms with Crippen molar-refractivity contribution in [3.05, 3.63) is 36.0 Å². The van der Waals surface area contributed by atoms with Crippen LogP contribution in [0.25, 0.3) is 10.9 Å². The maximum Gasteiger partial charge on any atom is 0.326 e. The van der Waals surface area contributed by atoms with Crippen LogP contribution in [-0.4, -0.2) is 87.2 Å². The summed E-state index contributed by atoms with van der Waals surface area (Å²) in [7, 11) is 0. The number of thioether (sulfide) groups is 1. The standard InChI is InChI=1S/C24H33N5O5S2/c1-36-10-8-18(24(33)34)27-21(30)19(13-35)28-22(31)20-7-4-9-29(20)23(32)16(25)11-14-12-26-17-6-3-2-5-15(14)17/h2-3,5-6,12,16,18-20,26,35H,4,7-11,13,25H2,1H3,(H,27,30)(H,28,31)(H,33,34). The molecule has 12 heteroatoms. The first-order valence-corrected chi connectivity index (χ1v) is 13.8. The molecule has 0 spiro atoms. The number of carboxylic acids is 1. The van der Waals surface area contributed by atoms with Crippen LogP contribution in [0.3, 0.4) is 0 Å². The number of fused-ring (bicyclic) bond motifs is 1. The van der Waals surface area contributed by atoms with Crippen LogP contribution >= 0.6 is 24.4 Å². The zero-order valence-corrected chi connectivity index (χ0v) is 21.8. The third-order valence-electron chi connectivity index (χ3n) is 6.31. The Balaban J connectivity index is 1.62. The molecule has 1 aromatic heterocycles. The van der Waals surface area contributed by atoms with Crippen molar-refractivity contribution >= 4 is 59.0 Å². The first-order valence-electron chi connectivity index (χ1n) is 11.8. The zero-order chi connectivity index (χ0) is 26.2. The van der Waals surface area contributed by atoms with Crippen LogP contribution in [0.15, 0.2) is 30.5 Å². The molecule has 2 heterocycles. The van der Waals surface area contributed by atoms with E-state index in [1.54, 1.807) is 0 Å². The Labute approximate surface area is 219 Å². The number of nitrogens with zero attached hydrogens (tertiary/aromatic N) is 1. The highest BCUT2D eigenvalue weighted by atomic mass is 32.2. The Morgan fingerprint density at radius 2 is 2.00 bits per heavy atom. The van der Waals surface area contributed by atoms with E-state index in [4.69, 9.17) is 5.73 Å². The molecule has 1 aromatic carbocycles. The second-order valence-corrected chi connectivity index (χ2v) is 10.1. The second kappa shape index (κ2) is 13.0. The zero-order valence-electron chi connectivity index (χ0n) is 20.1. The van der Waals surface area contributed by atoms with Crippen LogP contribution in [0.5, 0.6) is 0 Å². The number of nitrogens with two attached hydrogens (primary N) is 1. The Bertz CT molecular complexity index is 1090. The number of nitrogens with one attached hydrogen (secondary N) is 3. The van der Waals surface area contributed by atoms with E-state index in [2.05, 4.69) is 28.2 Å². The van der Waals surface area contributed by atoms with Gasteiger partial charge >= 0.3 is 5.97 Å². The van der Waals surface area contributed by atoms with Crippen LogP contribution in [0, 0.1) is 0 Å². The minimum atomic E-state index is -1.14. The second-order valence-electron chi connectivity index (χ2n) is 8.78. The molecule has 0 saturated carbocycles. The van der Waals surface area contributed by atoms with Gasteiger partial charge in [0.05, 0.1) is 6.04 Å². The quantitative estimate of drug-likeness (QED) is 0.219. The lowest BCUT2D eigenvalue weighted by Crippen LogP contribution is -2.57. The summed E-state index contributed by atoms with van der Waals surface area (Å²) in [4.78, 5) is 55.0. The minimum Gasteiger partial charge on any atom is -0.480 e. The van der Waals surface area contributed by atoms with E-state index >= 15 is 0 Å². The number of benzene rings is 1. The average molecular weight is 536 g/mol. The monoisotopic (exact) mass is 535 g/mol. The molecule has 1 saturated heterocycles. The number of hydrogen-bond donors (Lipinski definition) is 6. The van der Waals surface area contributed by atoms with E-state index in [0.29, 0.717) is 31.6 Å². The van der Waals surface area contributed by atoms with Gasteiger partial charge in [0.1, 0.15) is 18.1 Å². The summed E-state index contributed by atoms with van der Waals surface area (Å²) in [6.07, 6.45) is 5.35. The molecule has 3 amide bonds. The summed E-state index contributed by atoms with van der Waals surface area (Å²) in [5, 5.41) is 15.5. The smallest absolute Gasteiger partial charge is 0.326 e. The number of likely N-dealkylation sites (tertiary alicyclic amines) is 1. The van der Waals surface area contributed by atoms with E-state index in [-0.39, 0.29) is 18.1 Å². The van der Waals surface area contributed by atoms with Gasteiger partial charge in [-0.05, 0) is 49.3 Å². The molecule has 1 aliphatic heterocycles. The van der Waals surface area contributed by atoms with Crippen LogP contribution in [0.1, 0.15) is 24.8 Å². The SMILES string of the molecule is CSCCC(NC(=O)C(CS)NC(=O)C1CCCN1C(=O)C(N)Cc1c[nH]c2ccccc12)C(=O)O. The summed E-state index contributed by atoms with van der Waals surface area (Å²) in [6.45, 7) is 0.395. The number of aliphatic carboxylic acids is 1. The molecule has 1 aliphatic rings. The van der Waals surface area contributed by atoms with Crippen molar-refractivity contribution in [1.29, 1.82) is 0 Å². The fourth-order valence-corrected chi connectivity index (χ4v) is 5.10. The summed E-state index contributed by atoms with van der Waals surface area (Å²) in [5.41, 5.74) is 8.15. The Kier molecular flexibility index (Phi) is 10.1. The van der Waals surface area contributed by atoms with Crippen LogP contribution in [0.4, 0.5) is 0 Å². The predicted octanol–water partition coefficient (Wildman–Crippen LogP) is 0.766. The van der Waals surface area contributed by atoms with Crippen LogP contribution < -0.4 is 16.4 Å². The van der Waals surface area contributed by atoms with Crippen molar-refractivity contribution in [3.63, 3.8) is 0 Å². The van der Waals surface area contributed by atoms with Gasteiger partial charge in [-0.15, -0.1) is 0 Å². The number of aromatic amines is 1. The normalized spacial score (nSPS) is 18.0. The van der Waals surface area contributed by atoms with Gasteiger partial charge < -0.3 is 31.4 Å². The molecular formula is C24H33N5O5S2. The Morgan fingerprint density at radius 1 is 1.25 bits per heavy atom. The molecule has 0 radical (unpaired) electrons. The van der Waals surface area contributed by atoms with Crippen molar-refractivity contribution in [1.82, 2.24) is 20.5 Å².